The summed E-state index contributed by atoms with van der Waals surface area (Å²) in [5.41, 5.74) is 5.18. The van der Waals surface area contributed by atoms with Gasteiger partial charge in [0, 0.05) is 30.4 Å². The number of rotatable bonds is 6. The molecule has 116 valence electrons. The monoisotopic (exact) mass is 329 g/mol. The highest BCUT2D eigenvalue weighted by atomic mass is 35.5. The molecule has 0 radical (unpaired) electrons. The van der Waals surface area contributed by atoms with E-state index in [1.54, 1.807) is 0 Å². The fourth-order valence-corrected chi connectivity index (χ4v) is 3.57. The minimum atomic E-state index is -0.299. The van der Waals surface area contributed by atoms with Gasteiger partial charge in [-0.25, -0.2) is 0 Å². The van der Waals surface area contributed by atoms with Gasteiger partial charge in [0.15, 0.2) is 0 Å². The number of nitrogens with zero attached hydrogens (tertiary/aromatic N) is 1. The molecule has 2 heterocycles. The van der Waals surface area contributed by atoms with E-state index in [-0.39, 0.29) is 17.9 Å². The number of carbonyl (C=O) groups is 2. The number of thiophene rings is 1. The van der Waals surface area contributed by atoms with E-state index in [2.05, 4.69) is 5.32 Å². The van der Waals surface area contributed by atoms with Crippen molar-refractivity contribution in [3.8, 4) is 0 Å². The summed E-state index contributed by atoms with van der Waals surface area (Å²) >= 11 is 7.38. The molecule has 2 amide bonds. The van der Waals surface area contributed by atoms with Gasteiger partial charge < -0.3 is 11.1 Å². The first-order chi connectivity index (χ1) is 10.0. The number of aryl methyl sites for hydroxylation is 1. The zero-order chi connectivity index (χ0) is 15.2. The zero-order valence-electron chi connectivity index (χ0n) is 11.8. The number of hydrogen-bond acceptors (Lipinski definition) is 4. The van der Waals surface area contributed by atoms with Crippen LogP contribution in [0.3, 0.4) is 0 Å². The number of nitrogens with two attached hydrogens (primary N) is 1. The van der Waals surface area contributed by atoms with Crippen molar-refractivity contribution in [1.82, 2.24) is 10.2 Å². The molecule has 0 bridgehead atoms. The molecular weight excluding hydrogens is 310 g/mol. The van der Waals surface area contributed by atoms with E-state index in [4.69, 9.17) is 17.3 Å². The van der Waals surface area contributed by atoms with E-state index in [1.807, 2.05) is 17.0 Å². The number of amides is 2. The first kappa shape index (κ1) is 16.3. The predicted molar refractivity (Wildman–Crippen MR) is 84.4 cm³/mol. The lowest BCUT2D eigenvalue weighted by Crippen LogP contribution is -2.46. The van der Waals surface area contributed by atoms with Crippen LogP contribution in [0.15, 0.2) is 12.1 Å². The largest absolute Gasteiger partial charge is 0.369 e. The predicted octanol–water partition coefficient (Wildman–Crippen LogP) is 1.40. The quantitative estimate of drug-likeness (QED) is 0.828. The third-order valence-electron chi connectivity index (χ3n) is 3.56. The summed E-state index contributed by atoms with van der Waals surface area (Å²) < 4.78 is 0.757. The lowest BCUT2D eigenvalue weighted by molar-refractivity contribution is -0.123. The average molecular weight is 330 g/mol. The second-order valence-electron chi connectivity index (χ2n) is 5.29. The lowest BCUT2D eigenvalue weighted by atomic mass is 10.0. The first-order valence-corrected chi connectivity index (χ1v) is 8.26. The number of likely N-dealkylation sites (tertiary alicyclic amines) is 1. The molecule has 1 saturated heterocycles. The van der Waals surface area contributed by atoms with Gasteiger partial charge in [0.05, 0.1) is 10.9 Å². The maximum absolute atomic E-state index is 11.9. The van der Waals surface area contributed by atoms with Crippen LogP contribution in [0.25, 0.3) is 0 Å². The summed E-state index contributed by atoms with van der Waals surface area (Å²) in [7, 11) is 0. The van der Waals surface area contributed by atoms with Crippen molar-refractivity contribution in [2.45, 2.75) is 31.7 Å². The Kier molecular flexibility index (Phi) is 6.02. The van der Waals surface area contributed by atoms with Crippen LogP contribution in [0.1, 0.15) is 24.1 Å². The highest BCUT2D eigenvalue weighted by Crippen LogP contribution is 2.22. The maximum Gasteiger partial charge on any atom is 0.231 e. The van der Waals surface area contributed by atoms with Gasteiger partial charge in [-0.15, -0.1) is 11.3 Å². The van der Waals surface area contributed by atoms with Crippen molar-refractivity contribution in [3.63, 3.8) is 0 Å². The minimum Gasteiger partial charge on any atom is -0.369 e. The Balaban J connectivity index is 1.66. The van der Waals surface area contributed by atoms with E-state index < -0.39 is 0 Å². The highest BCUT2D eigenvalue weighted by molar-refractivity contribution is 7.16. The Labute approximate surface area is 133 Å². The van der Waals surface area contributed by atoms with Crippen LogP contribution < -0.4 is 11.1 Å². The summed E-state index contributed by atoms with van der Waals surface area (Å²) in [6.07, 6.45) is 2.94. The Morgan fingerprint density at radius 2 is 2.10 bits per heavy atom. The van der Waals surface area contributed by atoms with Crippen LogP contribution in [-0.4, -0.2) is 42.4 Å². The molecule has 0 spiro atoms. The standard InChI is InChI=1S/C14H20ClN3O2S/c15-12-3-1-11(21-12)2-4-14(20)17-10-5-7-18(8-6-10)9-13(16)19/h1,3,10H,2,4-9H2,(H2,16,19)(H,17,20). The van der Waals surface area contributed by atoms with Crippen LogP contribution in [0.5, 0.6) is 0 Å². The van der Waals surface area contributed by atoms with E-state index >= 15 is 0 Å². The molecule has 0 unspecified atom stereocenters. The molecule has 0 saturated carbocycles. The smallest absolute Gasteiger partial charge is 0.231 e. The van der Waals surface area contributed by atoms with Crippen LogP contribution in [0, 0.1) is 0 Å². The van der Waals surface area contributed by atoms with Gasteiger partial charge in [0.2, 0.25) is 11.8 Å². The van der Waals surface area contributed by atoms with Gasteiger partial charge in [0.25, 0.3) is 0 Å². The number of halogens is 1. The minimum absolute atomic E-state index is 0.0767. The molecule has 1 aliphatic rings. The molecule has 2 rings (SSSR count). The Bertz CT molecular complexity index is 498. The molecule has 7 heteroatoms. The van der Waals surface area contributed by atoms with E-state index in [0.29, 0.717) is 13.0 Å². The molecule has 21 heavy (non-hydrogen) atoms. The molecular formula is C14H20ClN3O2S. The summed E-state index contributed by atoms with van der Waals surface area (Å²) in [4.78, 5) is 25.9. The summed E-state index contributed by atoms with van der Waals surface area (Å²) in [6, 6.07) is 4.02. The van der Waals surface area contributed by atoms with Crippen LogP contribution in [-0.2, 0) is 16.0 Å². The molecule has 1 aromatic rings. The lowest BCUT2D eigenvalue weighted by Gasteiger charge is -2.31. The van der Waals surface area contributed by atoms with Crippen molar-refractivity contribution in [2.24, 2.45) is 5.73 Å². The van der Waals surface area contributed by atoms with Gasteiger partial charge in [-0.05, 0) is 31.4 Å². The van der Waals surface area contributed by atoms with Gasteiger partial charge in [-0.1, -0.05) is 11.6 Å². The molecule has 0 aliphatic carbocycles. The van der Waals surface area contributed by atoms with E-state index in [1.165, 1.54) is 11.3 Å². The van der Waals surface area contributed by atoms with E-state index in [9.17, 15) is 9.59 Å². The number of carbonyl (C=O) groups excluding carboxylic acids is 2. The topological polar surface area (TPSA) is 75.4 Å². The number of hydrogen-bond donors (Lipinski definition) is 2. The molecule has 5 nitrogen and oxygen atoms in total. The molecule has 1 aromatic heterocycles. The van der Waals surface area contributed by atoms with Crippen LogP contribution >= 0.6 is 22.9 Å². The van der Waals surface area contributed by atoms with Crippen molar-refractivity contribution in [3.05, 3.63) is 21.3 Å². The summed E-state index contributed by atoms with van der Waals surface area (Å²) in [6.45, 7) is 1.91. The Hall–Kier alpha value is -1.11. The number of primary amides is 1. The van der Waals surface area contributed by atoms with Gasteiger partial charge in [-0.3, -0.25) is 14.5 Å². The van der Waals surface area contributed by atoms with Gasteiger partial charge >= 0.3 is 0 Å². The maximum atomic E-state index is 11.9. The van der Waals surface area contributed by atoms with Crippen molar-refractivity contribution in [1.29, 1.82) is 0 Å². The molecule has 1 aliphatic heterocycles. The average Bonchev–Trinajstić information content (AvgIpc) is 2.84. The van der Waals surface area contributed by atoms with Crippen molar-refractivity contribution >= 4 is 34.8 Å². The molecule has 0 atom stereocenters. The van der Waals surface area contributed by atoms with Crippen LogP contribution in [0.4, 0.5) is 0 Å². The summed E-state index contributed by atoms with van der Waals surface area (Å²) in [5, 5.41) is 3.06. The van der Waals surface area contributed by atoms with Gasteiger partial charge in [0.1, 0.15) is 0 Å². The Morgan fingerprint density at radius 3 is 2.67 bits per heavy atom. The fourth-order valence-electron chi connectivity index (χ4n) is 2.48. The molecule has 1 fully saturated rings. The van der Waals surface area contributed by atoms with Crippen molar-refractivity contribution < 1.29 is 9.59 Å². The Morgan fingerprint density at radius 1 is 1.38 bits per heavy atom. The molecule has 3 N–H and O–H groups in total. The fraction of sp³-hybridized carbons (Fsp3) is 0.571. The normalized spacial score (nSPS) is 16.8. The second kappa shape index (κ2) is 7.77. The van der Waals surface area contributed by atoms with E-state index in [0.717, 1.165) is 41.6 Å². The number of nitrogens with one attached hydrogen (secondary N) is 1. The highest BCUT2D eigenvalue weighted by Gasteiger charge is 2.21. The SMILES string of the molecule is NC(=O)CN1CCC(NC(=O)CCc2ccc(Cl)s2)CC1. The third-order valence-corrected chi connectivity index (χ3v) is 4.85. The van der Waals surface area contributed by atoms with Crippen molar-refractivity contribution in [2.75, 3.05) is 19.6 Å². The summed E-state index contributed by atoms with van der Waals surface area (Å²) in [5.74, 6) is -0.222. The van der Waals surface area contributed by atoms with Crippen LogP contribution in [0.2, 0.25) is 4.34 Å². The molecule has 0 aromatic carbocycles. The third kappa shape index (κ3) is 5.65. The van der Waals surface area contributed by atoms with Gasteiger partial charge in [-0.2, -0.15) is 0 Å². The zero-order valence-corrected chi connectivity index (χ0v) is 13.4. The first-order valence-electron chi connectivity index (χ1n) is 7.07. The second-order valence-corrected chi connectivity index (χ2v) is 7.09. The number of piperidine rings is 1.